The van der Waals surface area contributed by atoms with Gasteiger partial charge >= 0.3 is 0 Å². The Morgan fingerprint density at radius 3 is 3.05 bits per heavy atom. The van der Waals surface area contributed by atoms with Gasteiger partial charge in [0.05, 0.1) is 6.54 Å². The Labute approximate surface area is 124 Å². The zero-order valence-corrected chi connectivity index (χ0v) is 12.4. The Morgan fingerprint density at radius 2 is 2.29 bits per heavy atom. The summed E-state index contributed by atoms with van der Waals surface area (Å²) in [5.41, 5.74) is 3.61. The molecule has 0 saturated heterocycles. The largest absolute Gasteiger partial charge is 0.310 e. The number of nitrogens with zero attached hydrogens (tertiary/aromatic N) is 2. The van der Waals surface area contributed by atoms with E-state index in [1.807, 2.05) is 29.0 Å². The second kappa shape index (κ2) is 6.22. The van der Waals surface area contributed by atoms with Gasteiger partial charge in [0, 0.05) is 30.2 Å². The van der Waals surface area contributed by atoms with Gasteiger partial charge in [0.1, 0.15) is 0 Å². The third-order valence-corrected chi connectivity index (χ3v) is 4.13. The number of fused-ring (bicyclic) bond motifs is 1. The minimum absolute atomic E-state index is 0.0785. The van der Waals surface area contributed by atoms with E-state index in [0.717, 1.165) is 31.4 Å². The number of hydrogen-bond donors (Lipinski definition) is 1. The van der Waals surface area contributed by atoms with Gasteiger partial charge in [0.25, 0.3) is 5.56 Å². The first-order valence-electron chi connectivity index (χ1n) is 7.64. The molecule has 2 aromatic heterocycles. The highest BCUT2D eigenvalue weighted by atomic mass is 16.1. The van der Waals surface area contributed by atoms with Crippen LogP contribution in [-0.2, 0) is 13.0 Å². The molecule has 0 radical (unpaired) electrons. The molecule has 2 aromatic rings. The fourth-order valence-corrected chi connectivity index (χ4v) is 3.17. The Morgan fingerprint density at radius 1 is 1.38 bits per heavy atom. The predicted octanol–water partition coefficient (Wildman–Crippen LogP) is 2.28. The van der Waals surface area contributed by atoms with Crippen molar-refractivity contribution in [3.63, 3.8) is 0 Å². The SMILES string of the molecule is CCNC1CCCc2c1ccc(=O)n2Cc1cccnc1. The summed E-state index contributed by atoms with van der Waals surface area (Å²) in [7, 11) is 0. The maximum absolute atomic E-state index is 12.3. The lowest BCUT2D eigenvalue weighted by Crippen LogP contribution is -2.32. The first kappa shape index (κ1) is 14.0. The van der Waals surface area contributed by atoms with Crippen molar-refractivity contribution in [3.8, 4) is 0 Å². The van der Waals surface area contributed by atoms with Crippen LogP contribution in [0.3, 0.4) is 0 Å². The van der Waals surface area contributed by atoms with Gasteiger partial charge in [-0.2, -0.15) is 0 Å². The normalized spacial score (nSPS) is 17.5. The van der Waals surface area contributed by atoms with Crippen LogP contribution in [0, 0.1) is 0 Å². The minimum Gasteiger partial charge on any atom is -0.310 e. The van der Waals surface area contributed by atoms with Crippen molar-refractivity contribution in [1.82, 2.24) is 14.9 Å². The first-order valence-corrected chi connectivity index (χ1v) is 7.64. The molecule has 4 nitrogen and oxygen atoms in total. The standard InChI is InChI=1S/C17H21N3O/c1-2-19-15-6-3-7-16-14(15)8-9-17(21)20(16)12-13-5-4-10-18-11-13/h4-5,8-11,15,19H,2-3,6-7,12H2,1H3. The van der Waals surface area contributed by atoms with E-state index < -0.39 is 0 Å². The van der Waals surface area contributed by atoms with E-state index in [4.69, 9.17) is 0 Å². The third-order valence-electron chi connectivity index (χ3n) is 4.13. The van der Waals surface area contributed by atoms with Crippen LogP contribution in [-0.4, -0.2) is 16.1 Å². The van der Waals surface area contributed by atoms with Crippen molar-refractivity contribution in [3.05, 3.63) is 63.8 Å². The Balaban J connectivity index is 2.00. The average Bonchev–Trinajstić information content (AvgIpc) is 2.52. The minimum atomic E-state index is 0.0785. The molecule has 0 spiro atoms. The van der Waals surface area contributed by atoms with Crippen molar-refractivity contribution >= 4 is 0 Å². The number of rotatable bonds is 4. The van der Waals surface area contributed by atoms with E-state index in [0.29, 0.717) is 12.6 Å². The van der Waals surface area contributed by atoms with Crippen LogP contribution in [0.2, 0.25) is 0 Å². The van der Waals surface area contributed by atoms with E-state index >= 15 is 0 Å². The summed E-state index contributed by atoms with van der Waals surface area (Å²) >= 11 is 0. The fraction of sp³-hybridized carbons (Fsp3) is 0.412. The van der Waals surface area contributed by atoms with Gasteiger partial charge in [-0.1, -0.05) is 19.1 Å². The lowest BCUT2D eigenvalue weighted by molar-refractivity contribution is 0.453. The van der Waals surface area contributed by atoms with Crippen molar-refractivity contribution in [2.45, 2.75) is 38.8 Å². The van der Waals surface area contributed by atoms with E-state index in [1.54, 1.807) is 12.3 Å². The zero-order valence-electron chi connectivity index (χ0n) is 12.4. The fourth-order valence-electron chi connectivity index (χ4n) is 3.17. The Hall–Kier alpha value is -1.94. The second-order valence-electron chi connectivity index (χ2n) is 5.52. The lowest BCUT2D eigenvalue weighted by atomic mass is 9.90. The number of aromatic nitrogens is 2. The van der Waals surface area contributed by atoms with Crippen LogP contribution in [0.4, 0.5) is 0 Å². The highest BCUT2D eigenvalue weighted by molar-refractivity contribution is 5.28. The highest BCUT2D eigenvalue weighted by Crippen LogP contribution is 2.28. The molecule has 3 rings (SSSR count). The van der Waals surface area contributed by atoms with Gasteiger partial charge < -0.3 is 9.88 Å². The zero-order chi connectivity index (χ0) is 14.7. The molecule has 1 N–H and O–H groups in total. The summed E-state index contributed by atoms with van der Waals surface area (Å²) in [4.78, 5) is 16.4. The van der Waals surface area contributed by atoms with E-state index in [1.165, 1.54) is 11.3 Å². The average molecular weight is 283 g/mol. The van der Waals surface area contributed by atoms with Gasteiger partial charge in [-0.15, -0.1) is 0 Å². The summed E-state index contributed by atoms with van der Waals surface area (Å²) in [6, 6.07) is 8.01. The van der Waals surface area contributed by atoms with Gasteiger partial charge in [0.15, 0.2) is 0 Å². The van der Waals surface area contributed by atoms with Crippen molar-refractivity contribution in [1.29, 1.82) is 0 Å². The summed E-state index contributed by atoms with van der Waals surface area (Å²) in [6.07, 6.45) is 6.84. The molecular weight excluding hydrogens is 262 g/mol. The van der Waals surface area contributed by atoms with Gasteiger partial charge in [-0.3, -0.25) is 9.78 Å². The molecule has 110 valence electrons. The van der Waals surface area contributed by atoms with Crippen LogP contribution in [0.5, 0.6) is 0 Å². The first-order chi connectivity index (χ1) is 10.3. The van der Waals surface area contributed by atoms with E-state index in [9.17, 15) is 4.79 Å². The molecule has 0 amide bonds. The molecule has 1 aliphatic carbocycles. The Kier molecular flexibility index (Phi) is 4.15. The monoisotopic (exact) mass is 283 g/mol. The highest BCUT2D eigenvalue weighted by Gasteiger charge is 2.22. The molecule has 1 unspecified atom stereocenters. The molecule has 4 heteroatoms. The van der Waals surface area contributed by atoms with Crippen molar-refractivity contribution in [2.24, 2.45) is 0 Å². The third kappa shape index (κ3) is 2.90. The van der Waals surface area contributed by atoms with Crippen molar-refractivity contribution < 1.29 is 0 Å². The number of pyridine rings is 2. The molecule has 0 fully saturated rings. The molecule has 0 bridgehead atoms. The summed E-state index contributed by atoms with van der Waals surface area (Å²) in [5.74, 6) is 0. The van der Waals surface area contributed by atoms with Gasteiger partial charge in [-0.05, 0) is 43.0 Å². The van der Waals surface area contributed by atoms with Crippen LogP contribution < -0.4 is 10.9 Å². The second-order valence-corrected chi connectivity index (χ2v) is 5.52. The van der Waals surface area contributed by atoms with E-state index in [2.05, 4.69) is 17.2 Å². The van der Waals surface area contributed by atoms with Gasteiger partial charge in [-0.25, -0.2) is 0 Å². The smallest absolute Gasteiger partial charge is 0.251 e. The van der Waals surface area contributed by atoms with Crippen LogP contribution in [0.25, 0.3) is 0 Å². The molecule has 0 aliphatic heterocycles. The van der Waals surface area contributed by atoms with Crippen LogP contribution >= 0.6 is 0 Å². The van der Waals surface area contributed by atoms with Crippen molar-refractivity contribution in [2.75, 3.05) is 6.54 Å². The Bertz CT molecular complexity index is 663. The topological polar surface area (TPSA) is 46.9 Å². The summed E-state index contributed by atoms with van der Waals surface area (Å²) < 4.78 is 1.91. The summed E-state index contributed by atoms with van der Waals surface area (Å²) in [6.45, 7) is 3.68. The maximum atomic E-state index is 12.3. The van der Waals surface area contributed by atoms with Gasteiger partial charge in [0.2, 0.25) is 0 Å². The quantitative estimate of drug-likeness (QED) is 0.936. The molecule has 0 saturated carbocycles. The molecule has 1 atom stereocenters. The molecule has 21 heavy (non-hydrogen) atoms. The number of nitrogens with one attached hydrogen (secondary N) is 1. The number of hydrogen-bond acceptors (Lipinski definition) is 3. The van der Waals surface area contributed by atoms with Crippen LogP contribution in [0.15, 0.2) is 41.5 Å². The molecule has 2 heterocycles. The van der Waals surface area contributed by atoms with E-state index in [-0.39, 0.29) is 5.56 Å². The van der Waals surface area contributed by atoms with Crippen LogP contribution in [0.1, 0.15) is 42.6 Å². The molecule has 1 aliphatic rings. The molecular formula is C17H21N3O. The summed E-state index contributed by atoms with van der Waals surface area (Å²) in [5, 5.41) is 3.52. The lowest BCUT2D eigenvalue weighted by Gasteiger charge is -2.28. The maximum Gasteiger partial charge on any atom is 0.251 e. The molecule has 0 aromatic carbocycles. The predicted molar refractivity (Wildman–Crippen MR) is 83.4 cm³/mol.